The molecule has 0 rings (SSSR count). The van der Waals surface area contributed by atoms with Crippen LogP contribution >= 0.6 is 0 Å². The van der Waals surface area contributed by atoms with Crippen molar-refractivity contribution in [3.05, 3.63) is 85.1 Å². The predicted octanol–water partition coefficient (Wildman–Crippen LogP) is 23.4. The van der Waals surface area contributed by atoms with E-state index >= 15 is 0 Å². The topological polar surface area (TPSA) is 78.9 Å². The van der Waals surface area contributed by atoms with Gasteiger partial charge >= 0.3 is 17.9 Å². The Morgan fingerprint density at radius 2 is 0.494 bits per heavy atom. The summed E-state index contributed by atoms with van der Waals surface area (Å²) in [6.45, 7) is 6.52. The second-order valence-corrected chi connectivity index (χ2v) is 22.7. The summed E-state index contributed by atoms with van der Waals surface area (Å²) in [5.41, 5.74) is 0. The first kappa shape index (κ1) is 75.6. The van der Waals surface area contributed by atoms with Crippen LogP contribution in [0.15, 0.2) is 85.1 Å². The molecule has 1 atom stereocenters. The van der Waals surface area contributed by atoms with Gasteiger partial charge in [0, 0.05) is 19.3 Å². The molecule has 0 amide bonds. The van der Waals surface area contributed by atoms with Crippen molar-refractivity contribution in [2.75, 3.05) is 13.2 Å². The third-order valence-electron chi connectivity index (χ3n) is 14.9. The lowest BCUT2D eigenvalue weighted by molar-refractivity contribution is -0.167. The molecule has 0 heterocycles. The molecule has 0 N–H and O–H groups in total. The number of unbranched alkanes of at least 4 members (excludes halogenated alkanes) is 37. The van der Waals surface area contributed by atoms with Gasteiger partial charge < -0.3 is 14.2 Å². The maximum atomic E-state index is 12.9. The molecular formula is C73H128O6. The third-order valence-corrected chi connectivity index (χ3v) is 14.9. The fraction of sp³-hybridized carbons (Fsp3) is 0.767. The first-order chi connectivity index (χ1) is 39.0. The minimum Gasteiger partial charge on any atom is -0.462 e. The molecule has 6 heteroatoms. The van der Waals surface area contributed by atoms with Crippen molar-refractivity contribution in [3.63, 3.8) is 0 Å². The molecule has 79 heavy (non-hydrogen) atoms. The SMILES string of the molecule is CC/C=C\C/C=C\C/C=C\C/C=C\CCCCC(=O)OCC(COC(=O)CCCCCCCCCC/C=C\C/C=C\C/C=C\CCCCCCC)OC(=O)CCCCCCCCCCCCCCCCCCCCCCCCC. The molecule has 0 aliphatic heterocycles. The van der Waals surface area contributed by atoms with E-state index in [0.717, 1.165) is 103 Å². The van der Waals surface area contributed by atoms with Crippen LogP contribution in [-0.2, 0) is 28.6 Å². The Morgan fingerprint density at radius 1 is 0.266 bits per heavy atom. The number of allylic oxidation sites excluding steroid dienone is 14. The number of carbonyl (C=O) groups excluding carboxylic acids is 3. The molecule has 0 radical (unpaired) electrons. The highest BCUT2D eigenvalue weighted by molar-refractivity contribution is 5.71. The Morgan fingerprint density at radius 3 is 0.797 bits per heavy atom. The van der Waals surface area contributed by atoms with E-state index in [0.29, 0.717) is 19.3 Å². The third kappa shape index (κ3) is 65.3. The summed E-state index contributed by atoms with van der Waals surface area (Å²) < 4.78 is 16.9. The lowest BCUT2D eigenvalue weighted by atomic mass is 10.0. The van der Waals surface area contributed by atoms with Crippen LogP contribution < -0.4 is 0 Å². The van der Waals surface area contributed by atoms with Crippen molar-refractivity contribution in [2.24, 2.45) is 0 Å². The Kier molecular flexibility index (Phi) is 64.2. The monoisotopic (exact) mass is 1100 g/mol. The molecule has 0 aromatic carbocycles. The van der Waals surface area contributed by atoms with E-state index in [4.69, 9.17) is 14.2 Å². The number of hydrogen-bond donors (Lipinski definition) is 0. The molecule has 0 aromatic rings. The van der Waals surface area contributed by atoms with Gasteiger partial charge in [0.05, 0.1) is 0 Å². The number of hydrogen-bond acceptors (Lipinski definition) is 6. The summed E-state index contributed by atoms with van der Waals surface area (Å²) in [5, 5.41) is 0. The molecule has 0 fully saturated rings. The van der Waals surface area contributed by atoms with Crippen LogP contribution in [-0.4, -0.2) is 37.2 Å². The van der Waals surface area contributed by atoms with E-state index in [1.807, 2.05) is 0 Å². The number of rotatable bonds is 62. The smallest absolute Gasteiger partial charge is 0.306 e. The van der Waals surface area contributed by atoms with E-state index in [2.05, 4.69) is 106 Å². The highest BCUT2D eigenvalue weighted by Gasteiger charge is 2.19. The van der Waals surface area contributed by atoms with Gasteiger partial charge in [-0.05, 0) is 96.3 Å². The van der Waals surface area contributed by atoms with E-state index in [1.165, 1.54) is 199 Å². The molecule has 0 saturated carbocycles. The highest BCUT2D eigenvalue weighted by atomic mass is 16.6. The van der Waals surface area contributed by atoms with Crippen LogP contribution in [0.3, 0.4) is 0 Å². The quantitative estimate of drug-likeness (QED) is 0.0261. The molecule has 456 valence electrons. The highest BCUT2D eigenvalue weighted by Crippen LogP contribution is 2.17. The average molecular weight is 1100 g/mol. The molecule has 0 saturated heterocycles. The summed E-state index contributed by atoms with van der Waals surface area (Å²) in [6, 6.07) is 0. The lowest BCUT2D eigenvalue weighted by Gasteiger charge is -2.18. The standard InChI is InChI=1S/C73H128O6/c1-4-7-10-13-16-19-22-25-28-30-32-34-36-38-40-42-45-48-51-54-57-60-63-66-72(75)78-69-70(68-77-71(74)65-62-59-56-53-50-47-44-27-24-21-18-15-12-9-6-3)79-73(76)67-64-61-58-55-52-49-46-43-41-39-37-35-33-31-29-26-23-20-17-14-11-8-5-2/h9,12,18,21-22,25,27,30,32,36,38,44,50,53,70H,4-8,10-11,13-17,19-20,23-24,26,28-29,31,33-35,37,39-43,45-49,51-52,54-69H2,1-3H3/b12-9-,21-18-,25-22-,32-30-,38-36-,44-27-,53-50-. The van der Waals surface area contributed by atoms with Gasteiger partial charge in [-0.15, -0.1) is 0 Å². The van der Waals surface area contributed by atoms with E-state index in [-0.39, 0.29) is 31.1 Å². The lowest BCUT2D eigenvalue weighted by Crippen LogP contribution is -2.30. The Hall–Kier alpha value is -3.41. The van der Waals surface area contributed by atoms with Crippen molar-refractivity contribution in [1.82, 2.24) is 0 Å². The molecule has 0 aliphatic rings. The van der Waals surface area contributed by atoms with Crippen LogP contribution in [0.5, 0.6) is 0 Å². The molecule has 0 aliphatic carbocycles. The van der Waals surface area contributed by atoms with Gasteiger partial charge in [-0.25, -0.2) is 0 Å². The van der Waals surface area contributed by atoms with E-state index in [1.54, 1.807) is 0 Å². The molecule has 0 spiro atoms. The van der Waals surface area contributed by atoms with Gasteiger partial charge in [0.2, 0.25) is 0 Å². The zero-order valence-electron chi connectivity index (χ0n) is 52.4. The fourth-order valence-electron chi connectivity index (χ4n) is 9.80. The molecular weight excluding hydrogens is 973 g/mol. The minimum atomic E-state index is -0.798. The van der Waals surface area contributed by atoms with Crippen LogP contribution in [0, 0.1) is 0 Å². The summed E-state index contributed by atoms with van der Waals surface area (Å²) in [6.07, 6.45) is 88.9. The van der Waals surface area contributed by atoms with Crippen molar-refractivity contribution in [1.29, 1.82) is 0 Å². The minimum absolute atomic E-state index is 0.0913. The van der Waals surface area contributed by atoms with Crippen LogP contribution in [0.25, 0.3) is 0 Å². The normalized spacial score (nSPS) is 12.6. The maximum Gasteiger partial charge on any atom is 0.306 e. The predicted molar refractivity (Wildman–Crippen MR) is 344 cm³/mol. The molecule has 6 nitrogen and oxygen atoms in total. The van der Waals surface area contributed by atoms with Gasteiger partial charge in [-0.3, -0.25) is 14.4 Å². The average Bonchev–Trinajstić information content (AvgIpc) is 3.45. The summed E-state index contributed by atoms with van der Waals surface area (Å²) in [4.78, 5) is 38.4. The van der Waals surface area contributed by atoms with Gasteiger partial charge in [0.15, 0.2) is 6.10 Å². The zero-order valence-corrected chi connectivity index (χ0v) is 52.4. The van der Waals surface area contributed by atoms with Crippen LogP contribution in [0.2, 0.25) is 0 Å². The number of carbonyl (C=O) groups is 3. The van der Waals surface area contributed by atoms with E-state index < -0.39 is 6.10 Å². The maximum absolute atomic E-state index is 12.9. The second-order valence-electron chi connectivity index (χ2n) is 22.7. The number of esters is 3. The van der Waals surface area contributed by atoms with Crippen molar-refractivity contribution in [2.45, 2.75) is 348 Å². The Balaban J connectivity index is 4.36. The summed E-state index contributed by atoms with van der Waals surface area (Å²) >= 11 is 0. The van der Waals surface area contributed by atoms with Crippen molar-refractivity contribution >= 4 is 17.9 Å². The Bertz CT molecular complexity index is 1500. The Labute approximate surface area is 490 Å². The van der Waals surface area contributed by atoms with E-state index in [9.17, 15) is 14.4 Å². The molecule has 1 unspecified atom stereocenters. The van der Waals surface area contributed by atoms with Crippen LogP contribution in [0.1, 0.15) is 342 Å². The van der Waals surface area contributed by atoms with Crippen LogP contribution in [0.4, 0.5) is 0 Å². The second kappa shape index (κ2) is 67.1. The summed E-state index contributed by atoms with van der Waals surface area (Å²) in [5.74, 6) is -0.924. The summed E-state index contributed by atoms with van der Waals surface area (Å²) in [7, 11) is 0. The largest absolute Gasteiger partial charge is 0.462 e. The first-order valence-electron chi connectivity index (χ1n) is 34.1. The number of ether oxygens (including phenoxy) is 3. The molecule has 0 aromatic heterocycles. The zero-order chi connectivity index (χ0) is 57.1. The first-order valence-corrected chi connectivity index (χ1v) is 34.1. The van der Waals surface area contributed by atoms with Gasteiger partial charge in [0.25, 0.3) is 0 Å². The van der Waals surface area contributed by atoms with Gasteiger partial charge in [-0.1, -0.05) is 311 Å². The van der Waals surface area contributed by atoms with Gasteiger partial charge in [-0.2, -0.15) is 0 Å². The fourth-order valence-corrected chi connectivity index (χ4v) is 9.80. The van der Waals surface area contributed by atoms with Crippen molar-refractivity contribution < 1.29 is 28.6 Å². The molecule has 0 bridgehead atoms. The van der Waals surface area contributed by atoms with Gasteiger partial charge in [0.1, 0.15) is 13.2 Å². The van der Waals surface area contributed by atoms with Crippen molar-refractivity contribution in [3.8, 4) is 0 Å².